The summed E-state index contributed by atoms with van der Waals surface area (Å²) in [4.78, 5) is 25.3. The SMILES string of the molecule is CCOC(=O)c1c(/C=C(\C(=O)O)c2ccco2)c2c(Cl)cc(Cl)cc2n1S(=O)(=O)c1ccc(C)cc1. The van der Waals surface area contributed by atoms with E-state index in [0.717, 1.165) is 15.6 Å². The van der Waals surface area contributed by atoms with Crippen molar-refractivity contribution in [3.63, 3.8) is 0 Å². The van der Waals surface area contributed by atoms with E-state index < -0.39 is 27.7 Å². The van der Waals surface area contributed by atoms with Gasteiger partial charge in [0, 0.05) is 16.0 Å². The quantitative estimate of drug-likeness (QED) is 0.226. The zero-order valence-corrected chi connectivity index (χ0v) is 21.3. The first-order valence-corrected chi connectivity index (χ1v) is 12.8. The second-order valence-corrected chi connectivity index (χ2v) is 10.3. The van der Waals surface area contributed by atoms with Gasteiger partial charge in [-0.3, -0.25) is 0 Å². The van der Waals surface area contributed by atoms with Crippen molar-refractivity contribution in [1.82, 2.24) is 3.97 Å². The number of carbonyl (C=O) groups excluding carboxylic acids is 1. The highest BCUT2D eigenvalue weighted by Crippen LogP contribution is 2.39. The van der Waals surface area contributed by atoms with Crippen LogP contribution in [0.2, 0.25) is 10.0 Å². The highest BCUT2D eigenvalue weighted by Gasteiger charge is 2.33. The van der Waals surface area contributed by atoms with Crippen molar-refractivity contribution in [2.24, 2.45) is 0 Å². The van der Waals surface area contributed by atoms with Gasteiger partial charge in [-0.15, -0.1) is 0 Å². The lowest BCUT2D eigenvalue weighted by Gasteiger charge is -2.12. The molecule has 4 aromatic rings. The molecule has 11 heteroatoms. The number of ether oxygens (including phenoxy) is 1. The van der Waals surface area contributed by atoms with Crippen LogP contribution in [0.15, 0.2) is 64.1 Å². The molecule has 0 saturated heterocycles. The number of furan rings is 1. The summed E-state index contributed by atoms with van der Waals surface area (Å²) in [5.74, 6) is -2.37. The van der Waals surface area contributed by atoms with Crippen LogP contribution in [0.4, 0.5) is 0 Å². The number of aryl methyl sites for hydroxylation is 1. The summed E-state index contributed by atoms with van der Waals surface area (Å²) in [5, 5.41) is 10.1. The smallest absolute Gasteiger partial charge is 0.356 e. The molecule has 1 N–H and O–H groups in total. The predicted octanol–water partition coefficient (Wildman–Crippen LogP) is 5.89. The molecule has 0 atom stereocenters. The number of rotatable bonds is 7. The Morgan fingerprint density at radius 2 is 1.83 bits per heavy atom. The topological polar surface area (TPSA) is 116 Å². The summed E-state index contributed by atoms with van der Waals surface area (Å²) in [6, 6.07) is 11.7. The molecule has 4 rings (SSSR count). The standard InChI is InChI=1S/C25H19Cl2NO7S/c1-3-34-25(31)23-18(13-17(24(29)30)21-5-4-10-35-21)22-19(27)11-15(26)12-20(22)28(23)36(32,33)16-8-6-14(2)7-9-16/h4-13H,3H2,1-2H3,(H,29,30)/b17-13-. The zero-order chi connectivity index (χ0) is 26.2. The van der Waals surface area contributed by atoms with Crippen molar-refractivity contribution < 1.29 is 32.3 Å². The number of hydrogen-bond acceptors (Lipinski definition) is 6. The number of fused-ring (bicyclic) bond motifs is 1. The molecule has 2 aromatic carbocycles. The fraction of sp³-hybridized carbons (Fsp3) is 0.120. The fourth-order valence-corrected chi connectivity index (χ4v) is 5.84. The summed E-state index contributed by atoms with van der Waals surface area (Å²) in [6.07, 6.45) is 2.42. The highest BCUT2D eigenvalue weighted by molar-refractivity contribution is 7.90. The van der Waals surface area contributed by atoms with Crippen LogP contribution in [-0.2, 0) is 19.6 Å². The first-order chi connectivity index (χ1) is 17.1. The van der Waals surface area contributed by atoms with Crippen LogP contribution in [0, 0.1) is 6.92 Å². The molecule has 0 fully saturated rings. The molecule has 0 aliphatic rings. The molecule has 2 aromatic heterocycles. The van der Waals surface area contributed by atoms with Crippen LogP contribution < -0.4 is 0 Å². The minimum absolute atomic E-state index is 0.00955. The Bertz CT molecular complexity index is 1620. The van der Waals surface area contributed by atoms with Crippen LogP contribution in [0.25, 0.3) is 22.6 Å². The second-order valence-electron chi connectivity index (χ2n) is 7.69. The minimum atomic E-state index is -4.40. The normalized spacial score (nSPS) is 12.2. The first-order valence-electron chi connectivity index (χ1n) is 10.6. The molecular weight excluding hydrogens is 529 g/mol. The summed E-state index contributed by atoms with van der Waals surface area (Å²) in [5.41, 5.74) is -0.0254. The number of nitrogens with zero attached hydrogens (tertiary/aromatic N) is 1. The van der Waals surface area contributed by atoms with Crippen LogP contribution in [0.5, 0.6) is 0 Å². The number of aromatic nitrogens is 1. The van der Waals surface area contributed by atoms with E-state index in [0.29, 0.717) is 0 Å². The summed E-state index contributed by atoms with van der Waals surface area (Å²) >= 11 is 12.7. The third-order valence-electron chi connectivity index (χ3n) is 5.31. The molecule has 186 valence electrons. The fourth-order valence-electron chi connectivity index (χ4n) is 3.75. The molecule has 0 spiro atoms. The van der Waals surface area contributed by atoms with E-state index in [1.54, 1.807) is 26.0 Å². The Morgan fingerprint density at radius 3 is 2.42 bits per heavy atom. The third-order valence-corrected chi connectivity index (χ3v) is 7.56. The highest BCUT2D eigenvalue weighted by atomic mass is 35.5. The van der Waals surface area contributed by atoms with Crippen LogP contribution in [0.3, 0.4) is 0 Å². The minimum Gasteiger partial charge on any atom is -0.478 e. The van der Waals surface area contributed by atoms with Crippen molar-refractivity contribution in [3.05, 3.63) is 87.4 Å². The van der Waals surface area contributed by atoms with Gasteiger partial charge in [0.05, 0.1) is 28.3 Å². The van der Waals surface area contributed by atoms with E-state index in [1.807, 2.05) is 0 Å². The Balaban J connectivity index is 2.19. The molecule has 0 amide bonds. The largest absolute Gasteiger partial charge is 0.478 e. The van der Waals surface area contributed by atoms with Crippen molar-refractivity contribution in [2.75, 3.05) is 6.61 Å². The van der Waals surface area contributed by atoms with Gasteiger partial charge in [0.2, 0.25) is 0 Å². The Kier molecular flexibility index (Phi) is 6.99. The second kappa shape index (κ2) is 9.85. The number of halogens is 2. The molecule has 0 bridgehead atoms. The summed E-state index contributed by atoms with van der Waals surface area (Å²) in [6.45, 7) is 3.30. The average molecular weight is 548 g/mol. The number of aliphatic carboxylic acids is 1. The molecule has 36 heavy (non-hydrogen) atoms. The first kappa shape index (κ1) is 25.6. The van der Waals surface area contributed by atoms with Gasteiger partial charge in [0.15, 0.2) is 5.69 Å². The molecule has 8 nitrogen and oxygen atoms in total. The monoisotopic (exact) mass is 547 g/mol. The average Bonchev–Trinajstić information content (AvgIpc) is 3.44. The predicted molar refractivity (Wildman–Crippen MR) is 136 cm³/mol. The molecule has 0 saturated carbocycles. The summed E-state index contributed by atoms with van der Waals surface area (Å²) in [7, 11) is -4.40. The van der Waals surface area contributed by atoms with E-state index in [1.165, 1.54) is 42.7 Å². The van der Waals surface area contributed by atoms with Gasteiger partial charge >= 0.3 is 11.9 Å². The van der Waals surface area contributed by atoms with Gasteiger partial charge in [-0.2, -0.15) is 0 Å². The maximum Gasteiger partial charge on any atom is 0.356 e. The number of benzene rings is 2. The van der Waals surface area contributed by atoms with Crippen molar-refractivity contribution in [3.8, 4) is 0 Å². The summed E-state index contributed by atoms with van der Waals surface area (Å²) < 4.78 is 39.0. The van der Waals surface area contributed by atoms with Gasteiger partial charge in [0.25, 0.3) is 10.0 Å². The maximum atomic E-state index is 13.9. The van der Waals surface area contributed by atoms with E-state index in [-0.39, 0.29) is 49.3 Å². The van der Waals surface area contributed by atoms with Crippen LogP contribution in [0.1, 0.15) is 34.3 Å². The zero-order valence-electron chi connectivity index (χ0n) is 19.0. The maximum absolute atomic E-state index is 13.9. The van der Waals surface area contributed by atoms with Gasteiger partial charge in [-0.25, -0.2) is 22.0 Å². The lowest BCUT2D eigenvalue weighted by molar-refractivity contribution is -0.130. The lowest BCUT2D eigenvalue weighted by atomic mass is 10.1. The number of esters is 1. The van der Waals surface area contributed by atoms with Gasteiger partial charge in [0.1, 0.15) is 11.3 Å². The molecule has 0 aliphatic heterocycles. The van der Waals surface area contributed by atoms with Gasteiger partial charge < -0.3 is 14.3 Å². The molecule has 0 unspecified atom stereocenters. The molecule has 0 radical (unpaired) electrons. The van der Waals surface area contributed by atoms with Crippen molar-refractivity contribution in [1.29, 1.82) is 0 Å². The van der Waals surface area contributed by atoms with Crippen LogP contribution in [-0.4, -0.2) is 36.0 Å². The lowest BCUT2D eigenvalue weighted by Crippen LogP contribution is -2.20. The Morgan fingerprint density at radius 1 is 1.14 bits per heavy atom. The van der Waals surface area contributed by atoms with Crippen molar-refractivity contribution >= 4 is 67.7 Å². The Hall–Kier alpha value is -3.53. The van der Waals surface area contributed by atoms with E-state index in [9.17, 15) is 23.1 Å². The van der Waals surface area contributed by atoms with Crippen LogP contribution >= 0.6 is 23.2 Å². The molecule has 0 aliphatic carbocycles. The van der Waals surface area contributed by atoms with Gasteiger partial charge in [-0.1, -0.05) is 40.9 Å². The van der Waals surface area contributed by atoms with E-state index in [2.05, 4.69) is 0 Å². The molecular formula is C25H19Cl2NO7S. The van der Waals surface area contributed by atoms with Crippen molar-refractivity contribution in [2.45, 2.75) is 18.7 Å². The van der Waals surface area contributed by atoms with E-state index >= 15 is 0 Å². The molecule has 2 heterocycles. The number of hydrogen-bond donors (Lipinski definition) is 1. The number of carbonyl (C=O) groups is 2. The van der Waals surface area contributed by atoms with E-state index in [4.69, 9.17) is 32.4 Å². The Labute approximate surface area is 216 Å². The number of carboxylic acids is 1. The third kappa shape index (κ3) is 4.53. The van der Waals surface area contributed by atoms with Gasteiger partial charge in [-0.05, 0) is 56.3 Å². The number of carboxylic acid groups (broad SMARTS) is 1.